The molecule has 0 nitrogen and oxygen atoms in total. The predicted molar refractivity (Wildman–Crippen MR) is 35.3 cm³/mol. The van der Waals surface area contributed by atoms with Gasteiger partial charge in [0.2, 0.25) is 0 Å². The molecule has 0 heterocycles. The summed E-state index contributed by atoms with van der Waals surface area (Å²) < 4.78 is 0. The zero-order valence-corrected chi connectivity index (χ0v) is 7.28. The van der Waals surface area contributed by atoms with Gasteiger partial charge in [-0.15, -0.1) is 0 Å². The maximum absolute atomic E-state index is 2.69. The smallest absolute Gasteiger partial charge is 1.00 e. The van der Waals surface area contributed by atoms with Crippen molar-refractivity contribution in [1.29, 1.82) is 0 Å². The Labute approximate surface area is 74.6 Å². The topological polar surface area (TPSA) is 0 Å². The van der Waals surface area contributed by atoms with Gasteiger partial charge in [-0.05, 0) is 0 Å². The molecular formula is C4H12AlBCl2. The SMILES string of the molecule is B.CC(C)[CH2][Al+2].[Cl-].[Cl-]. The van der Waals surface area contributed by atoms with Gasteiger partial charge in [-0.2, -0.15) is 0 Å². The summed E-state index contributed by atoms with van der Waals surface area (Å²) in [5.74, 6) is 0.847. The van der Waals surface area contributed by atoms with Crippen molar-refractivity contribution >= 4 is 24.7 Å². The summed E-state index contributed by atoms with van der Waals surface area (Å²) >= 11 is 2.69. The molecule has 0 bridgehead atoms. The first-order valence-corrected chi connectivity index (χ1v) is 2.79. The Hall–Kier alpha value is 1.18. The Morgan fingerprint density at radius 2 is 1.38 bits per heavy atom. The molecule has 0 radical (unpaired) electrons. The second-order valence-corrected chi connectivity index (χ2v) is 2.10. The van der Waals surface area contributed by atoms with Crippen LogP contribution in [0.25, 0.3) is 0 Å². The second kappa shape index (κ2) is 15.7. The number of rotatable bonds is 1. The van der Waals surface area contributed by atoms with E-state index in [-0.39, 0.29) is 33.2 Å². The van der Waals surface area contributed by atoms with Crippen LogP contribution in [-0.4, -0.2) is 24.7 Å². The fraction of sp³-hybridized carbons (Fsp3) is 1.00. The van der Waals surface area contributed by atoms with Gasteiger partial charge in [-0.3, -0.25) is 0 Å². The van der Waals surface area contributed by atoms with Gasteiger partial charge in [0.1, 0.15) is 0 Å². The summed E-state index contributed by atoms with van der Waals surface area (Å²) in [5, 5.41) is 1.22. The van der Waals surface area contributed by atoms with Gasteiger partial charge < -0.3 is 24.8 Å². The van der Waals surface area contributed by atoms with Crippen LogP contribution >= 0.6 is 0 Å². The molecule has 0 aliphatic heterocycles. The van der Waals surface area contributed by atoms with Crippen LogP contribution in [0.15, 0.2) is 0 Å². The minimum atomic E-state index is 0. The van der Waals surface area contributed by atoms with Crippen LogP contribution in [-0.2, 0) is 0 Å². The molecule has 48 valence electrons. The molecule has 0 amide bonds. The summed E-state index contributed by atoms with van der Waals surface area (Å²) in [6.07, 6.45) is 0. The Morgan fingerprint density at radius 1 is 1.25 bits per heavy atom. The molecule has 0 aliphatic carbocycles. The summed E-state index contributed by atoms with van der Waals surface area (Å²) in [7, 11) is 0. The average molecular weight is 169 g/mol. The third-order valence-electron chi connectivity index (χ3n) is 0.471. The van der Waals surface area contributed by atoms with Crippen molar-refractivity contribution in [2.24, 2.45) is 5.92 Å². The van der Waals surface area contributed by atoms with Gasteiger partial charge in [0.25, 0.3) is 0 Å². The normalized spacial score (nSPS) is 6.12. The van der Waals surface area contributed by atoms with Crippen LogP contribution in [0, 0.1) is 5.92 Å². The van der Waals surface area contributed by atoms with Crippen molar-refractivity contribution in [2.75, 3.05) is 0 Å². The summed E-state index contributed by atoms with van der Waals surface area (Å²) in [6, 6.07) is 0. The van der Waals surface area contributed by atoms with Crippen molar-refractivity contribution in [2.45, 2.75) is 19.1 Å². The summed E-state index contributed by atoms with van der Waals surface area (Å²) in [6.45, 7) is 4.40. The van der Waals surface area contributed by atoms with Gasteiger partial charge in [-0.25, -0.2) is 0 Å². The van der Waals surface area contributed by atoms with Gasteiger partial charge in [0.15, 0.2) is 0 Å². The molecular weight excluding hydrogens is 157 g/mol. The first kappa shape index (κ1) is 22.9. The molecule has 0 aromatic rings. The molecule has 0 atom stereocenters. The molecule has 0 saturated carbocycles. The molecule has 0 unspecified atom stereocenters. The second-order valence-electron chi connectivity index (χ2n) is 1.63. The van der Waals surface area contributed by atoms with Crippen molar-refractivity contribution in [1.82, 2.24) is 0 Å². The van der Waals surface area contributed by atoms with E-state index in [1.165, 1.54) is 5.28 Å². The van der Waals surface area contributed by atoms with Crippen molar-refractivity contribution in [3.05, 3.63) is 0 Å². The predicted octanol–water partition coefficient (Wildman–Crippen LogP) is -5.95. The molecule has 8 heavy (non-hydrogen) atoms. The Kier molecular flexibility index (Phi) is 45.0. The van der Waals surface area contributed by atoms with Crippen LogP contribution in [0.1, 0.15) is 13.8 Å². The zero-order valence-electron chi connectivity index (χ0n) is 4.62. The number of hydrogen-bond acceptors (Lipinski definition) is 0. The molecule has 0 rings (SSSR count). The zero-order chi connectivity index (χ0) is 4.28. The Morgan fingerprint density at radius 3 is 1.38 bits per heavy atom. The largest absolute Gasteiger partial charge is 1.00 e. The Balaban J connectivity index is -0.0000000267. The fourth-order valence-corrected chi connectivity index (χ4v) is 0. The van der Waals surface area contributed by atoms with Gasteiger partial charge in [0.05, 0.1) is 8.41 Å². The van der Waals surface area contributed by atoms with Crippen molar-refractivity contribution in [3.63, 3.8) is 0 Å². The van der Waals surface area contributed by atoms with E-state index in [0.29, 0.717) is 0 Å². The van der Waals surface area contributed by atoms with Crippen LogP contribution in [0.5, 0.6) is 0 Å². The fourth-order valence-electron chi connectivity index (χ4n) is 0. The molecule has 0 aromatic carbocycles. The molecule has 0 fully saturated rings. The number of halogens is 2. The monoisotopic (exact) mass is 168 g/mol. The first-order valence-electron chi connectivity index (χ1n) is 1.97. The third-order valence-corrected chi connectivity index (χ3v) is 1.41. The third kappa shape index (κ3) is 27.1. The van der Waals surface area contributed by atoms with Crippen LogP contribution < -0.4 is 24.8 Å². The van der Waals surface area contributed by atoms with Crippen molar-refractivity contribution < 1.29 is 24.8 Å². The van der Waals surface area contributed by atoms with Crippen LogP contribution in [0.3, 0.4) is 0 Å². The van der Waals surface area contributed by atoms with E-state index in [1.54, 1.807) is 0 Å². The van der Waals surface area contributed by atoms with E-state index in [4.69, 9.17) is 0 Å². The van der Waals surface area contributed by atoms with Crippen LogP contribution in [0.4, 0.5) is 0 Å². The van der Waals surface area contributed by atoms with E-state index < -0.39 is 0 Å². The molecule has 0 aliphatic rings. The Bertz CT molecular complexity index is 28.0. The van der Waals surface area contributed by atoms with E-state index in [0.717, 1.165) is 5.92 Å². The first-order chi connectivity index (χ1) is 2.27. The van der Waals surface area contributed by atoms with Gasteiger partial charge >= 0.3 is 41.3 Å². The molecule has 4 heteroatoms. The summed E-state index contributed by atoms with van der Waals surface area (Å²) in [5.41, 5.74) is 0. The minimum Gasteiger partial charge on any atom is -1.00 e. The maximum atomic E-state index is 2.69. The molecule has 0 spiro atoms. The maximum Gasteiger partial charge on any atom is -1.00 e. The standard InChI is InChI=1S/C4H9.Al.BH3.2ClH/c1-4(2)3;;;;/h4H,1H2,2-3H3;;1H3;2*1H/q;+2;;;/p-2. The average Bonchev–Trinajstić information content (AvgIpc) is 1.38. The number of hydrogen-bond donors (Lipinski definition) is 0. The molecule has 0 aromatic heterocycles. The van der Waals surface area contributed by atoms with E-state index in [2.05, 4.69) is 30.1 Å². The van der Waals surface area contributed by atoms with Crippen LogP contribution in [0.2, 0.25) is 5.28 Å². The van der Waals surface area contributed by atoms with E-state index >= 15 is 0 Å². The van der Waals surface area contributed by atoms with E-state index in [9.17, 15) is 0 Å². The van der Waals surface area contributed by atoms with Gasteiger partial charge in [-0.1, -0.05) is 0 Å². The quantitative estimate of drug-likeness (QED) is 0.343. The molecule has 0 saturated heterocycles. The molecule has 0 N–H and O–H groups in total. The van der Waals surface area contributed by atoms with E-state index in [1.807, 2.05) is 0 Å². The van der Waals surface area contributed by atoms with Crippen molar-refractivity contribution in [3.8, 4) is 0 Å². The minimum absolute atomic E-state index is 0. The van der Waals surface area contributed by atoms with Gasteiger partial charge in [0, 0.05) is 0 Å². The summed E-state index contributed by atoms with van der Waals surface area (Å²) in [4.78, 5) is 0.